The van der Waals surface area contributed by atoms with Gasteiger partial charge in [0.25, 0.3) is 0 Å². The summed E-state index contributed by atoms with van der Waals surface area (Å²) in [6.45, 7) is 8.00. The monoisotopic (exact) mass is 255 g/mol. The molecule has 2 saturated carbocycles. The third-order valence-electron chi connectivity index (χ3n) is 5.47. The van der Waals surface area contributed by atoms with Gasteiger partial charge in [-0.2, -0.15) is 0 Å². The molecule has 3 N–H and O–H groups in total. The second kappa shape index (κ2) is 4.77. The van der Waals surface area contributed by atoms with Crippen LogP contribution < -0.4 is 5.73 Å². The molecule has 18 heavy (non-hydrogen) atoms. The van der Waals surface area contributed by atoms with E-state index in [-0.39, 0.29) is 11.5 Å². The van der Waals surface area contributed by atoms with Gasteiger partial charge < -0.3 is 15.6 Å². The number of hydrogen-bond donors (Lipinski definition) is 2. The number of aliphatic hydroxyl groups is 1. The van der Waals surface area contributed by atoms with E-state index in [4.69, 9.17) is 10.5 Å². The van der Waals surface area contributed by atoms with Crippen LogP contribution in [0, 0.1) is 10.8 Å². The van der Waals surface area contributed by atoms with Crippen molar-refractivity contribution in [2.45, 2.75) is 71.0 Å². The van der Waals surface area contributed by atoms with Gasteiger partial charge in [-0.15, -0.1) is 0 Å². The van der Waals surface area contributed by atoms with E-state index < -0.39 is 5.60 Å². The Morgan fingerprint density at radius 2 is 1.72 bits per heavy atom. The average molecular weight is 255 g/mol. The van der Waals surface area contributed by atoms with Crippen LogP contribution in [0.2, 0.25) is 0 Å². The van der Waals surface area contributed by atoms with Gasteiger partial charge in [0.2, 0.25) is 0 Å². The summed E-state index contributed by atoms with van der Waals surface area (Å²) in [5.41, 5.74) is 5.83. The summed E-state index contributed by atoms with van der Waals surface area (Å²) >= 11 is 0. The first-order valence-electron chi connectivity index (χ1n) is 7.40. The van der Waals surface area contributed by atoms with Crippen LogP contribution in [0.4, 0.5) is 0 Å². The van der Waals surface area contributed by atoms with E-state index in [1.165, 1.54) is 12.8 Å². The maximum absolute atomic E-state index is 10.9. The third kappa shape index (κ3) is 2.33. The number of rotatable bonds is 4. The Morgan fingerprint density at radius 3 is 2.17 bits per heavy atom. The van der Waals surface area contributed by atoms with Gasteiger partial charge >= 0.3 is 0 Å². The summed E-state index contributed by atoms with van der Waals surface area (Å²) in [6, 6.07) is 0. The van der Waals surface area contributed by atoms with Crippen molar-refractivity contribution < 1.29 is 9.84 Å². The first-order valence-corrected chi connectivity index (χ1v) is 7.40. The summed E-state index contributed by atoms with van der Waals surface area (Å²) in [6.07, 6.45) is 6.27. The molecule has 3 nitrogen and oxygen atoms in total. The Kier molecular flexibility index (Phi) is 3.79. The molecule has 0 heterocycles. The second-order valence-electron chi connectivity index (χ2n) is 7.17. The molecule has 3 heteroatoms. The fourth-order valence-electron chi connectivity index (χ4n) is 3.74. The molecule has 0 unspecified atom stereocenters. The fourth-order valence-corrected chi connectivity index (χ4v) is 3.74. The zero-order chi connectivity index (χ0) is 13.4. The number of nitrogens with two attached hydrogens (primary N) is 1. The van der Waals surface area contributed by atoms with Crippen LogP contribution in [0.25, 0.3) is 0 Å². The molecule has 2 aliphatic rings. The summed E-state index contributed by atoms with van der Waals surface area (Å²) in [5.74, 6) is 0. The highest BCUT2D eigenvalue weighted by Crippen LogP contribution is 2.56. The van der Waals surface area contributed by atoms with Crippen molar-refractivity contribution in [1.29, 1.82) is 0 Å². The normalized spacial score (nSPS) is 38.2. The molecule has 0 spiro atoms. The van der Waals surface area contributed by atoms with Crippen molar-refractivity contribution in [3.05, 3.63) is 0 Å². The first-order chi connectivity index (χ1) is 8.36. The van der Waals surface area contributed by atoms with Gasteiger partial charge in [-0.05, 0) is 38.0 Å². The molecule has 0 radical (unpaired) electrons. The summed E-state index contributed by atoms with van der Waals surface area (Å²) in [4.78, 5) is 0. The van der Waals surface area contributed by atoms with Crippen molar-refractivity contribution in [1.82, 2.24) is 0 Å². The van der Waals surface area contributed by atoms with Gasteiger partial charge in [0.05, 0.1) is 11.7 Å². The lowest BCUT2D eigenvalue weighted by atomic mass is 9.52. The van der Waals surface area contributed by atoms with Gasteiger partial charge in [-0.3, -0.25) is 0 Å². The van der Waals surface area contributed by atoms with Crippen LogP contribution in [0.1, 0.15) is 59.3 Å². The van der Waals surface area contributed by atoms with E-state index in [9.17, 15) is 5.11 Å². The zero-order valence-electron chi connectivity index (χ0n) is 12.2. The zero-order valence-corrected chi connectivity index (χ0v) is 12.2. The van der Waals surface area contributed by atoms with Crippen molar-refractivity contribution in [3.8, 4) is 0 Å². The molecule has 0 atom stereocenters. The molecule has 0 aromatic carbocycles. The van der Waals surface area contributed by atoms with Crippen molar-refractivity contribution >= 4 is 0 Å². The van der Waals surface area contributed by atoms with Gasteiger partial charge in [0, 0.05) is 31.4 Å². The highest BCUT2D eigenvalue weighted by molar-refractivity contribution is 5.10. The standard InChI is InChI=1S/C15H29NO2/c1-4-18-12-9-15(17,10-12)14(11-16)7-5-13(2,3)6-8-14/h12,17H,4-11,16H2,1-3H3. The molecule has 106 valence electrons. The van der Waals surface area contributed by atoms with Gasteiger partial charge in [-0.25, -0.2) is 0 Å². The van der Waals surface area contributed by atoms with Crippen molar-refractivity contribution in [2.24, 2.45) is 16.6 Å². The molecule has 0 aliphatic heterocycles. The molecular formula is C15H29NO2. The van der Waals surface area contributed by atoms with Gasteiger partial charge in [-0.1, -0.05) is 13.8 Å². The topological polar surface area (TPSA) is 55.5 Å². The lowest BCUT2D eigenvalue weighted by Crippen LogP contribution is -2.63. The Morgan fingerprint density at radius 1 is 1.17 bits per heavy atom. The lowest BCUT2D eigenvalue weighted by Gasteiger charge is -2.58. The van der Waals surface area contributed by atoms with E-state index in [1.54, 1.807) is 0 Å². The molecule has 0 saturated heterocycles. The van der Waals surface area contributed by atoms with E-state index >= 15 is 0 Å². The second-order valence-corrected chi connectivity index (χ2v) is 7.17. The minimum Gasteiger partial charge on any atom is -0.389 e. The van der Waals surface area contributed by atoms with Gasteiger partial charge in [0.15, 0.2) is 0 Å². The molecule has 2 fully saturated rings. The van der Waals surface area contributed by atoms with Crippen LogP contribution >= 0.6 is 0 Å². The Labute approximate surface area is 111 Å². The SMILES string of the molecule is CCOC1CC(O)(C2(CN)CCC(C)(C)CC2)C1. The van der Waals surface area contributed by atoms with Crippen LogP contribution in [-0.4, -0.2) is 30.0 Å². The van der Waals surface area contributed by atoms with Crippen LogP contribution in [-0.2, 0) is 4.74 Å². The average Bonchev–Trinajstić information content (AvgIpc) is 2.28. The van der Waals surface area contributed by atoms with E-state index in [0.717, 1.165) is 32.3 Å². The maximum atomic E-state index is 10.9. The van der Waals surface area contributed by atoms with E-state index in [1.807, 2.05) is 6.92 Å². The number of ether oxygens (including phenoxy) is 1. The maximum Gasteiger partial charge on any atom is 0.0765 e. The van der Waals surface area contributed by atoms with Crippen molar-refractivity contribution in [3.63, 3.8) is 0 Å². The van der Waals surface area contributed by atoms with Gasteiger partial charge in [0.1, 0.15) is 0 Å². The number of hydrogen-bond acceptors (Lipinski definition) is 3. The van der Waals surface area contributed by atoms with Crippen LogP contribution in [0.15, 0.2) is 0 Å². The predicted molar refractivity (Wildman–Crippen MR) is 73.3 cm³/mol. The summed E-state index contributed by atoms with van der Waals surface area (Å²) in [7, 11) is 0. The molecule has 0 bridgehead atoms. The largest absolute Gasteiger partial charge is 0.389 e. The molecule has 0 aromatic rings. The fraction of sp³-hybridized carbons (Fsp3) is 1.00. The quantitative estimate of drug-likeness (QED) is 0.811. The summed E-state index contributed by atoms with van der Waals surface area (Å²) in [5, 5.41) is 10.9. The van der Waals surface area contributed by atoms with E-state index in [0.29, 0.717) is 12.0 Å². The third-order valence-corrected chi connectivity index (χ3v) is 5.47. The minimum absolute atomic E-state index is 0.0594. The minimum atomic E-state index is -0.571. The Hall–Kier alpha value is -0.120. The highest BCUT2D eigenvalue weighted by atomic mass is 16.5. The van der Waals surface area contributed by atoms with E-state index in [2.05, 4.69) is 13.8 Å². The molecule has 0 aromatic heterocycles. The van der Waals surface area contributed by atoms with Crippen LogP contribution in [0.5, 0.6) is 0 Å². The lowest BCUT2D eigenvalue weighted by molar-refractivity contribution is -0.213. The molecule has 2 rings (SSSR count). The predicted octanol–water partition coefficient (Wildman–Crippen LogP) is 2.46. The highest BCUT2D eigenvalue weighted by Gasteiger charge is 2.58. The Balaban J connectivity index is 2.01. The first kappa shape index (κ1) is 14.3. The molecule has 0 amide bonds. The summed E-state index contributed by atoms with van der Waals surface area (Å²) < 4.78 is 5.59. The van der Waals surface area contributed by atoms with Crippen LogP contribution in [0.3, 0.4) is 0 Å². The molecular weight excluding hydrogens is 226 g/mol. The Bertz CT molecular complexity index is 285. The smallest absolute Gasteiger partial charge is 0.0765 e. The molecule has 2 aliphatic carbocycles. The van der Waals surface area contributed by atoms with Crippen molar-refractivity contribution in [2.75, 3.05) is 13.2 Å².